The number of hydrogen-bond acceptors (Lipinski definition) is 2. The van der Waals surface area contributed by atoms with Crippen LogP contribution >= 0.6 is 22.9 Å². The Hall–Kier alpha value is -0.0500. The van der Waals surface area contributed by atoms with Crippen LogP contribution in [-0.4, -0.2) is 6.04 Å². The lowest BCUT2D eigenvalue weighted by molar-refractivity contribution is 0.445. The van der Waals surface area contributed by atoms with Crippen LogP contribution < -0.4 is 5.32 Å². The highest BCUT2D eigenvalue weighted by atomic mass is 35.5. The predicted octanol–water partition coefficient (Wildman–Crippen LogP) is 4.63. The SMILES string of the molecule is CCCCC(C)NC(C)c1csc(Cl)c1. The molecule has 0 aliphatic rings. The fraction of sp³-hybridized carbons (Fsp3) is 0.667. The first-order chi connectivity index (χ1) is 7.13. The molecule has 0 saturated carbocycles. The first kappa shape index (κ1) is 13.0. The minimum Gasteiger partial charge on any atom is -0.308 e. The van der Waals surface area contributed by atoms with Crippen LogP contribution in [0.1, 0.15) is 51.6 Å². The van der Waals surface area contributed by atoms with Gasteiger partial charge in [0.15, 0.2) is 0 Å². The Morgan fingerprint density at radius 3 is 2.73 bits per heavy atom. The summed E-state index contributed by atoms with van der Waals surface area (Å²) in [7, 11) is 0. The normalized spacial score (nSPS) is 15.2. The van der Waals surface area contributed by atoms with Crippen molar-refractivity contribution in [2.75, 3.05) is 0 Å². The van der Waals surface area contributed by atoms with Gasteiger partial charge in [-0.15, -0.1) is 11.3 Å². The molecule has 0 aliphatic carbocycles. The predicted molar refractivity (Wildman–Crippen MR) is 69.9 cm³/mol. The number of halogens is 1. The maximum absolute atomic E-state index is 5.92. The van der Waals surface area contributed by atoms with E-state index in [1.165, 1.54) is 24.8 Å². The number of hydrogen-bond donors (Lipinski definition) is 1. The first-order valence-corrected chi connectivity index (χ1v) is 6.89. The molecule has 0 radical (unpaired) electrons. The van der Waals surface area contributed by atoms with Crippen LogP contribution in [0.25, 0.3) is 0 Å². The molecular formula is C12H20ClNS. The minimum absolute atomic E-state index is 0.403. The van der Waals surface area contributed by atoms with Crippen molar-refractivity contribution < 1.29 is 0 Å². The Bertz CT molecular complexity index is 285. The summed E-state index contributed by atoms with van der Waals surface area (Å²) in [5.41, 5.74) is 1.30. The minimum atomic E-state index is 0.403. The number of unbranched alkanes of at least 4 members (excludes halogenated alkanes) is 1. The van der Waals surface area contributed by atoms with Crippen molar-refractivity contribution in [3.05, 3.63) is 21.3 Å². The van der Waals surface area contributed by atoms with E-state index in [0.717, 1.165) is 4.34 Å². The molecule has 1 N–H and O–H groups in total. The molecule has 2 unspecified atom stereocenters. The molecule has 0 fully saturated rings. The molecule has 0 aromatic carbocycles. The third kappa shape index (κ3) is 4.54. The molecule has 2 atom stereocenters. The molecule has 1 aromatic rings. The van der Waals surface area contributed by atoms with Gasteiger partial charge in [0.05, 0.1) is 4.34 Å². The zero-order valence-corrected chi connectivity index (χ0v) is 11.3. The summed E-state index contributed by atoms with van der Waals surface area (Å²) in [5.74, 6) is 0. The maximum atomic E-state index is 5.92. The molecular weight excluding hydrogens is 226 g/mol. The van der Waals surface area contributed by atoms with Crippen LogP contribution in [0, 0.1) is 0 Å². The Kier molecular flexibility index (Phi) is 5.65. The zero-order chi connectivity index (χ0) is 11.3. The van der Waals surface area contributed by atoms with E-state index in [2.05, 4.69) is 37.5 Å². The van der Waals surface area contributed by atoms with Gasteiger partial charge in [-0.2, -0.15) is 0 Å². The van der Waals surface area contributed by atoms with Gasteiger partial charge in [-0.1, -0.05) is 31.4 Å². The highest BCUT2D eigenvalue weighted by Crippen LogP contribution is 2.25. The summed E-state index contributed by atoms with van der Waals surface area (Å²) >= 11 is 7.52. The first-order valence-electron chi connectivity index (χ1n) is 5.63. The van der Waals surface area contributed by atoms with Gasteiger partial charge in [0.25, 0.3) is 0 Å². The van der Waals surface area contributed by atoms with E-state index in [4.69, 9.17) is 11.6 Å². The Morgan fingerprint density at radius 1 is 1.47 bits per heavy atom. The van der Waals surface area contributed by atoms with Crippen LogP contribution in [0.3, 0.4) is 0 Å². The smallest absolute Gasteiger partial charge is 0.0931 e. The summed E-state index contributed by atoms with van der Waals surface area (Å²) in [6.07, 6.45) is 3.81. The van der Waals surface area contributed by atoms with Crippen molar-refractivity contribution in [2.24, 2.45) is 0 Å². The van der Waals surface area contributed by atoms with Crippen LogP contribution in [-0.2, 0) is 0 Å². The largest absolute Gasteiger partial charge is 0.308 e. The molecule has 3 heteroatoms. The average molecular weight is 246 g/mol. The number of nitrogens with one attached hydrogen (secondary N) is 1. The fourth-order valence-electron chi connectivity index (χ4n) is 1.67. The quantitative estimate of drug-likeness (QED) is 0.771. The van der Waals surface area contributed by atoms with Crippen LogP contribution in [0.5, 0.6) is 0 Å². The second kappa shape index (κ2) is 6.51. The molecule has 1 nitrogen and oxygen atoms in total. The van der Waals surface area contributed by atoms with E-state index >= 15 is 0 Å². The fourth-order valence-corrected chi connectivity index (χ4v) is 2.65. The highest BCUT2D eigenvalue weighted by Gasteiger charge is 2.10. The molecule has 1 aromatic heterocycles. The van der Waals surface area contributed by atoms with Crippen molar-refractivity contribution in [1.29, 1.82) is 0 Å². The maximum Gasteiger partial charge on any atom is 0.0931 e. The van der Waals surface area contributed by atoms with Crippen LogP contribution in [0.2, 0.25) is 4.34 Å². The summed E-state index contributed by atoms with van der Waals surface area (Å²) in [5, 5.41) is 5.72. The Morgan fingerprint density at radius 2 is 2.20 bits per heavy atom. The van der Waals surface area contributed by atoms with Crippen LogP contribution in [0.4, 0.5) is 0 Å². The van der Waals surface area contributed by atoms with Gasteiger partial charge in [0.2, 0.25) is 0 Å². The third-order valence-corrected chi connectivity index (χ3v) is 3.72. The molecule has 15 heavy (non-hydrogen) atoms. The monoisotopic (exact) mass is 245 g/mol. The van der Waals surface area contributed by atoms with E-state index in [-0.39, 0.29) is 0 Å². The lowest BCUT2D eigenvalue weighted by Gasteiger charge is -2.19. The lowest BCUT2D eigenvalue weighted by atomic mass is 10.1. The summed E-state index contributed by atoms with van der Waals surface area (Å²) in [4.78, 5) is 0. The van der Waals surface area contributed by atoms with Gasteiger partial charge in [0, 0.05) is 12.1 Å². The van der Waals surface area contributed by atoms with E-state index in [9.17, 15) is 0 Å². The second-order valence-electron chi connectivity index (χ2n) is 4.12. The highest BCUT2D eigenvalue weighted by molar-refractivity contribution is 7.14. The van der Waals surface area contributed by atoms with Crippen molar-refractivity contribution >= 4 is 22.9 Å². The number of thiophene rings is 1. The van der Waals surface area contributed by atoms with Gasteiger partial charge in [-0.05, 0) is 37.3 Å². The van der Waals surface area contributed by atoms with Crippen molar-refractivity contribution in [3.63, 3.8) is 0 Å². The van der Waals surface area contributed by atoms with Gasteiger partial charge < -0.3 is 5.32 Å². The van der Waals surface area contributed by atoms with Crippen molar-refractivity contribution in [2.45, 2.75) is 52.1 Å². The standard InChI is InChI=1S/C12H20ClNS/c1-4-5-6-9(2)14-10(3)11-7-12(13)15-8-11/h7-10,14H,4-6H2,1-3H3. The van der Waals surface area contributed by atoms with Gasteiger partial charge >= 0.3 is 0 Å². The van der Waals surface area contributed by atoms with Gasteiger partial charge in [0.1, 0.15) is 0 Å². The van der Waals surface area contributed by atoms with Crippen molar-refractivity contribution in [1.82, 2.24) is 5.32 Å². The van der Waals surface area contributed by atoms with E-state index < -0.39 is 0 Å². The second-order valence-corrected chi connectivity index (χ2v) is 5.66. The zero-order valence-electron chi connectivity index (χ0n) is 9.72. The molecule has 0 amide bonds. The summed E-state index contributed by atoms with van der Waals surface area (Å²) in [6, 6.07) is 3.04. The van der Waals surface area contributed by atoms with Crippen molar-refractivity contribution in [3.8, 4) is 0 Å². The lowest BCUT2D eigenvalue weighted by Crippen LogP contribution is -2.28. The van der Waals surface area contributed by atoms with Gasteiger partial charge in [-0.25, -0.2) is 0 Å². The molecule has 0 spiro atoms. The van der Waals surface area contributed by atoms with E-state index in [1.54, 1.807) is 11.3 Å². The molecule has 0 saturated heterocycles. The molecule has 0 bridgehead atoms. The Labute approximate surface area is 102 Å². The topological polar surface area (TPSA) is 12.0 Å². The van der Waals surface area contributed by atoms with Crippen LogP contribution in [0.15, 0.2) is 11.4 Å². The summed E-state index contributed by atoms with van der Waals surface area (Å²) < 4.78 is 0.875. The average Bonchev–Trinajstić information content (AvgIpc) is 2.61. The van der Waals surface area contributed by atoms with E-state index in [1.807, 2.05) is 0 Å². The molecule has 1 heterocycles. The van der Waals surface area contributed by atoms with E-state index in [0.29, 0.717) is 12.1 Å². The summed E-state index contributed by atoms with van der Waals surface area (Å²) in [6.45, 7) is 6.68. The molecule has 1 rings (SSSR count). The number of rotatable bonds is 6. The molecule has 0 aliphatic heterocycles. The third-order valence-electron chi connectivity index (χ3n) is 2.61. The molecule has 86 valence electrons. The van der Waals surface area contributed by atoms with Gasteiger partial charge in [-0.3, -0.25) is 0 Å². The Balaban J connectivity index is 2.38.